The number of ether oxygens (including phenoxy) is 1. The Bertz CT molecular complexity index is 801. The molecule has 2 aromatic rings. The molecule has 7 nitrogen and oxygen atoms in total. The highest BCUT2D eigenvalue weighted by Crippen LogP contribution is 2.39. The maximum Gasteiger partial charge on any atom is 0.407 e. The standard InChI is InChI=1S/C19H24N4O3/c1-11(2)26-19(25)21-17-9-12(3)23(13(4)24)18-6-5-14(10-15(17)18)16-7-8-20-22-16/h5-8,10-12,17H,9H2,1-4H3,(H,20,22)(H,21,25)/t12?,17-/m0/s1. The predicted molar refractivity (Wildman–Crippen MR) is 98.8 cm³/mol. The van der Waals surface area contributed by atoms with E-state index < -0.39 is 6.09 Å². The van der Waals surface area contributed by atoms with E-state index in [1.807, 2.05) is 45.0 Å². The lowest BCUT2D eigenvalue weighted by molar-refractivity contribution is -0.117. The molecule has 1 aliphatic heterocycles. The second kappa shape index (κ2) is 7.19. The van der Waals surface area contributed by atoms with Crippen molar-refractivity contribution in [3.8, 4) is 11.3 Å². The largest absolute Gasteiger partial charge is 0.447 e. The minimum Gasteiger partial charge on any atom is -0.447 e. The molecule has 2 heterocycles. The second-order valence-corrected chi connectivity index (χ2v) is 6.87. The van der Waals surface area contributed by atoms with Crippen LogP contribution in [0.5, 0.6) is 0 Å². The molecule has 26 heavy (non-hydrogen) atoms. The van der Waals surface area contributed by atoms with Gasteiger partial charge in [-0.15, -0.1) is 0 Å². The van der Waals surface area contributed by atoms with Crippen LogP contribution in [-0.2, 0) is 9.53 Å². The van der Waals surface area contributed by atoms with Gasteiger partial charge in [0.25, 0.3) is 0 Å². The number of amides is 2. The summed E-state index contributed by atoms with van der Waals surface area (Å²) in [5, 5.41) is 9.87. The summed E-state index contributed by atoms with van der Waals surface area (Å²) >= 11 is 0. The number of rotatable bonds is 3. The van der Waals surface area contributed by atoms with E-state index in [0.29, 0.717) is 6.42 Å². The Morgan fingerprint density at radius 2 is 2.12 bits per heavy atom. The Balaban J connectivity index is 2.00. The molecule has 0 aliphatic carbocycles. The van der Waals surface area contributed by atoms with E-state index in [1.54, 1.807) is 18.0 Å². The van der Waals surface area contributed by atoms with E-state index in [0.717, 1.165) is 22.5 Å². The van der Waals surface area contributed by atoms with Crippen LogP contribution in [0.2, 0.25) is 0 Å². The van der Waals surface area contributed by atoms with Crippen LogP contribution in [0.4, 0.5) is 10.5 Å². The van der Waals surface area contributed by atoms with E-state index >= 15 is 0 Å². The van der Waals surface area contributed by atoms with Gasteiger partial charge in [-0.05, 0) is 51.0 Å². The summed E-state index contributed by atoms with van der Waals surface area (Å²) in [6.07, 6.45) is 1.66. The van der Waals surface area contributed by atoms with Crippen molar-refractivity contribution < 1.29 is 14.3 Å². The van der Waals surface area contributed by atoms with E-state index in [1.165, 1.54) is 0 Å². The molecule has 0 saturated heterocycles. The molecule has 0 spiro atoms. The molecule has 0 radical (unpaired) electrons. The molecule has 2 atom stereocenters. The van der Waals surface area contributed by atoms with Crippen LogP contribution in [0, 0.1) is 0 Å². The number of nitrogens with zero attached hydrogens (tertiary/aromatic N) is 2. The van der Waals surface area contributed by atoms with Gasteiger partial charge < -0.3 is 15.0 Å². The van der Waals surface area contributed by atoms with Gasteiger partial charge in [0.1, 0.15) is 0 Å². The summed E-state index contributed by atoms with van der Waals surface area (Å²) in [5.74, 6) is -0.0174. The van der Waals surface area contributed by atoms with Crippen molar-refractivity contribution in [2.24, 2.45) is 0 Å². The number of carbonyl (C=O) groups is 2. The number of aromatic amines is 1. The molecule has 1 aromatic carbocycles. The molecule has 0 bridgehead atoms. The SMILES string of the molecule is CC(=O)N1c2ccc(-c3ccn[nH]3)cc2[C@@H](NC(=O)OC(C)C)CC1C. The molecule has 0 fully saturated rings. The zero-order valence-corrected chi connectivity index (χ0v) is 15.4. The van der Waals surface area contributed by atoms with Crippen LogP contribution in [0.3, 0.4) is 0 Å². The highest BCUT2D eigenvalue weighted by Gasteiger charge is 2.33. The summed E-state index contributed by atoms with van der Waals surface area (Å²) in [6, 6.07) is 7.48. The molecular weight excluding hydrogens is 332 g/mol. The fraction of sp³-hybridized carbons (Fsp3) is 0.421. The number of carbonyl (C=O) groups excluding carboxylic acids is 2. The van der Waals surface area contributed by atoms with Crippen molar-refractivity contribution in [1.82, 2.24) is 15.5 Å². The molecule has 0 saturated carbocycles. The van der Waals surface area contributed by atoms with Gasteiger partial charge in [-0.2, -0.15) is 5.10 Å². The lowest BCUT2D eigenvalue weighted by Crippen LogP contribution is -2.45. The summed E-state index contributed by atoms with van der Waals surface area (Å²) < 4.78 is 5.23. The van der Waals surface area contributed by atoms with Gasteiger partial charge in [0.05, 0.1) is 17.8 Å². The van der Waals surface area contributed by atoms with Crippen LogP contribution in [0.25, 0.3) is 11.3 Å². The first-order valence-electron chi connectivity index (χ1n) is 8.77. The summed E-state index contributed by atoms with van der Waals surface area (Å²) in [4.78, 5) is 26.1. The van der Waals surface area contributed by atoms with Crippen molar-refractivity contribution in [3.63, 3.8) is 0 Å². The molecular formula is C19H24N4O3. The quantitative estimate of drug-likeness (QED) is 0.882. The minimum atomic E-state index is -0.452. The minimum absolute atomic E-state index is 0.0174. The Hall–Kier alpha value is -2.83. The molecule has 3 rings (SSSR count). The third-order valence-corrected chi connectivity index (χ3v) is 4.47. The van der Waals surface area contributed by atoms with Crippen LogP contribution in [-0.4, -0.2) is 34.3 Å². The Morgan fingerprint density at radius 1 is 1.35 bits per heavy atom. The zero-order valence-electron chi connectivity index (χ0n) is 15.4. The Labute approximate surface area is 152 Å². The highest BCUT2D eigenvalue weighted by molar-refractivity contribution is 5.94. The Morgan fingerprint density at radius 3 is 2.73 bits per heavy atom. The normalized spacial score (nSPS) is 19.2. The van der Waals surface area contributed by atoms with Gasteiger partial charge in [0, 0.05) is 30.4 Å². The lowest BCUT2D eigenvalue weighted by atomic mass is 9.90. The maximum atomic E-state index is 12.2. The number of benzene rings is 1. The highest BCUT2D eigenvalue weighted by atomic mass is 16.6. The van der Waals surface area contributed by atoms with Gasteiger partial charge in [-0.1, -0.05) is 6.07 Å². The maximum absolute atomic E-state index is 12.2. The number of anilines is 1. The first-order valence-corrected chi connectivity index (χ1v) is 8.77. The van der Waals surface area contributed by atoms with Crippen molar-refractivity contribution in [2.45, 2.75) is 52.3 Å². The van der Waals surface area contributed by atoms with Crippen molar-refractivity contribution in [1.29, 1.82) is 0 Å². The molecule has 1 unspecified atom stereocenters. The average molecular weight is 356 g/mol. The van der Waals surface area contributed by atoms with Gasteiger partial charge in [-0.25, -0.2) is 4.79 Å². The number of alkyl carbamates (subject to hydrolysis) is 1. The average Bonchev–Trinajstić information content (AvgIpc) is 3.07. The molecule has 1 aromatic heterocycles. The number of nitrogens with one attached hydrogen (secondary N) is 2. The van der Waals surface area contributed by atoms with Crippen molar-refractivity contribution in [3.05, 3.63) is 36.0 Å². The third kappa shape index (κ3) is 3.56. The van der Waals surface area contributed by atoms with Gasteiger partial charge in [0.2, 0.25) is 5.91 Å². The smallest absolute Gasteiger partial charge is 0.407 e. The number of hydrogen-bond donors (Lipinski definition) is 2. The lowest BCUT2D eigenvalue weighted by Gasteiger charge is -2.39. The van der Waals surface area contributed by atoms with Crippen LogP contribution < -0.4 is 10.2 Å². The van der Waals surface area contributed by atoms with Crippen molar-refractivity contribution in [2.75, 3.05) is 4.90 Å². The van der Waals surface area contributed by atoms with Crippen LogP contribution >= 0.6 is 0 Å². The van der Waals surface area contributed by atoms with Crippen LogP contribution in [0.15, 0.2) is 30.5 Å². The molecule has 2 amide bonds. The topological polar surface area (TPSA) is 87.3 Å². The summed E-state index contributed by atoms with van der Waals surface area (Å²) in [6.45, 7) is 7.16. The monoisotopic (exact) mass is 356 g/mol. The number of aromatic nitrogens is 2. The van der Waals surface area contributed by atoms with E-state index in [2.05, 4.69) is 15.5 Å². The molecule has 1 aliphatic rings. The zero-order chi connectivity index (χ0) is 18.8. The Kier molecular flexibility index (Phi) is 4.97. The molecule has 138 valence electrons. The fourth-order valence-corrected chi connectivity index (χ4v) is 3.46. The van der Waals surface area contributed by atoms with Crippen LogP contribution in [0.1, 0.15) is 45.7 Å². The van der Waals surface area contributed by atoms with E-state index in [-0.39, 0.29) is 24.1 Å². The van der Waals surface area contributed by atoms with Gasteiger partial charge in [0.15, 0.2) is 0 Å². The number of fused-ring (bicyclic) bond motifs is 1. The van der Waals surface area contributed by atoms with E-state index in [9.17, 15) is 9.59 Å². The molecule has 7 heteroatoms. The summed E-state index contributed by atoms with van der Waals surface area (Å²) in [5.41, 5.74) is 3.54. The van der Waals surface area contributed by atoms with Gasteiger partial charge >= 0.3 is 6.09 Å². The number of hydrogen-bond acceptors (Lipinski definition) is 4. The van der Waals surface area contributed by atoms with Gasteiger partial charge in [-0.3, -0.25) is 9.89 Å². The first kappa shape index (κ1) is 18.0. The van der Waals surface area contributed by atoms with E-state index in [4.69, 9.17) is 4.74 Å². The fourth-order valence-electron chi connectivity index (χ4n) is 3.46. The second-order valence-electron chi connectivity index (χ2n) is 6.87. The predicted octanol–water partition coefficient (Wildman–Crippen LogP) is 3.40. The molecule has 2 N–H and O–H groups in total. The summed E-state index contributed by atoms with van der Waals surface area (Å²) in [7, 11) is 0. The first-order chi connectivity index (χ1) is 12.4. The van der Waals surface area contributed by atoms with Crippen molar-refractivity contribution >= 4 is 17.7 Å². The number of H-pyrrole nitrogens is 1. The third-order valence-electron chi connectivity index (χ3n) is 4.47.